The van der Waals surface area contributed by atoms with E-state index < -0.39 is 59.9 Å². The van der Waals surface area contributed by atoms with E-state index >= 15 is 0 Å². The summed E-state index contributed by atoms with van der Waals surface area (Å²) < 4.78 is 10.9. The third-order valence-electron chi connectivity index (χ3n) is 4.25. The lowest BCUT2D eigenvalue weighted by Crippen LogP contribution is -2.62. The van der Waals surface area contributed by atoms with Gasteiger partial charge in [0.25, 0.3) is 0 Å². The first-order valence-electron chi connectivity index (χ1n) is 7.76. The van der Waals surface area contributed by atoms with Crippen molar-refractivity contribution in [2.45, 2.75) is 55.8 Å². The summed E-state index contributed by atoms with van der Waals surface area (Å²) >= 11 is 0. The second kappa shape index (κ2) is 7.44. The summed E-state index contributed by atoms with van der Waals surface area (Å²) in [5.74, 6) is -3.28. The van der Waals surface area contributed by atoms with Gasteiger partial charge < -0.3 is 51.6 Å². The summed E-state index contributed by atoms with van der Waals surface area (Å²) in [6.45, 7) is 1.39. The van der Waals surface area contributed by atoms with Gasteiger partial charge in [-0.25, -0.2) is 4.79 Å². The lowest BCUT2D eigenvalue weighted by atomic mass is 9.91. The van der Waals surface area contributed by atoms with E-state index in [4.69, 9.17) is 26.0 Å². The second-order valence-corrected chi connectivity index (χ2v) is 6.33. The molecule has 1 saturated heterocycles. The number of rotatable bonds is 4. The Hall–Kier alpha value is -1.80. The van der Waals surface area contributed by atoms with Crippen LogP contribution >= 0.6 is 0 Å². The molecule has 1 heterocycles. The molecule has 2 aliphatic rings. The van der Waals surface area contributed by atoms with E-state index in [0.717, 1.165) is 0 Å². The van der Waals surface area contributed by atoms with Gasteiger partial charge in [-0.15, -0.1) is 0 Å². The molecule has 1 fully saturated rings. The van der Waals surface area contributed by atoms with E-state index in [1.165, 1.54) is 0 Å². The Labute approximate surface area is 148 Å². The van der Waals surface area contributed by atoms with Crippen LogP contribution in [0.5, 0.6) is 0 Å². The first kappa shape index (κ1) is 20.5. The van der Waals surface area contributed by atoms with Gasteiger partial charge in [0.2, 0.25) is 0 Å². The topological polar surface area (TPSA) is 221 Å². The summed E-state index contributed by atoms with van der Waals surface area (Å²) in [6.07, 6.45) is -9.38. The number of aliphatic hydroxyl groups is 5. The van der Waals surface area contributed by atoms with Gasteiger partial charge in [0.05, 0.1) is 12.7 Å². The molecule has 12 heteroatoms. The zero-order chi connectivity index (χ0) is 19.8. The van der Waals surface area contributed by atoms with Crippen molar-refractivity contribution >= 4 is 11.7 Å². The molecule has 6 unspecified atom stereocenters. The molecule has 1 aliphatic carbocycles. The fourth-order valence-electron chi connectivity index (χ4n) is 2.72. The van der Waals surface area contributed by atoms with E-state index in [0.29, 0.717) is 0 Å². The van der Waals surface area contributed by atoms with Crippen LogP contribution in [-0.4, -0.2) is 91.3 Å². The summed E-state index contributed by atoms with van der Waals surface area (Å²) in [6, 6.07) is 0. The molecule has 0 amide bonds. The molecular formula is C14H23N3O9. The standard InChI is InChI=1S/C14H23N3O9/c1-4-5(17-12(15)13(23)24)2-14(16,3-25-4)26-11-9(21)7(19)6(18)8(20)10(11)22/h4,7,9-12,18-22H,2-3,15-16H2,1H3,(H,23,24)/t4?,7?,9?,10?,11?,12?,14-/m1/s1. The van der Waals surface area contributed by atoms with Crippen LogP contribution in [0.4, 0.5) is 0 Å². The van der Waals surface area contributed by atoms with Gasteiger partial charge in [0.1, 0.15) is 30.1 Å². The molecule has 26 heavy (non-hydrogen) atoms. The number of carboxylic acid groups (broad SMARTS) is 1. The molecule has 0 aromatic heterocycles. The number of ether oxygens (including phenoxy) is 2. The predicted molar refractivity (Wildman–Crippen MR) is 85.2 cm³/mol. The van der Waals surface area contributed by atoms with E-state index in [-0.39, 0.29) is 18.7 Å². The minimum absolute atomic E-state index is 0.141. The van der Waals surface area contributed by atoms with Crippen molar-refractivity contribution in [2.24, 2.45) is 16.5 Å². The molecular weight excluding hydrogens is 354 g/mol. The van der Waals surface area contributed by atoms with Gasteiger partial charge in [0, 0.05) is 12.1 Å². The lowest BCUT2D eigenvalue weighted by Gasteiger charge is -2.43. The third kappa shape index (κ3) is 3.96. The van der Waals surface area contributed by atoms with Crippen molar-refractivity contribution in [1.82, 2.24) is 0 Å². The quantitative estimate of drug-likeness (QED) is 0.232. The number of aliphatic carboxylic acids is 1. The Kier molecular flexibility index (Phi) is 5.87. The van der Waals surface area contributed by atoms with E-state index in [1.54, 1.807) is 6.92 Å². The maximum atomic E-state index is 10.9. The first-order chi connectivity index (χ1) is 12.0. The van der Waals surface area contributed by atoms with E-state index in [9.17, 15) is 30.3 Å². The Morgan fingerprint density at radius 1 is 1.31 bits per heavy atom. The smallest absolute Gasteiger partial charge is 0.343 e. The summed E-state index contributed by atoms with van der Waals surface area (Å²) in [4.78, 5) is 14.7. The average molecular weight is 377 g/mol. The molecule has 0 aromatic rings. The highest BCUT2D eigenvalue weighted by molar-refractivity contribution is 5.91. The minimum atomic E-state index is -1.89. The largest absolute Gasteiger partial charge is 0.506 e. The van der Waals surface area contributed by atoms with Crippen LogP contribution in [-0.2, 0) is 14.3 Å². The number of carboxylic acids is 1. The number of nitrogens with zero attached hydrogens (tertiary/aromatic N) is 1. The van der Waals surface area contributed by atoms with E-state index in [1.807, 2.05) is 0 Å². The molecule has 0 aromatic carbocycles. The third-order valence-corrected chi connectivity index (χ3v) is 4.25. The number of nitrogens with two attached hydrogens (primary N) is 2. The van der Waals surface area contributed by atoms with Crippen molar-refractivity contribution in [3.05, 3.63) is 11.5 Å². The Balaban J connectivity index is 2.21. The van der Waals surface area contributed by atoms with Crippen molar-refractivity contribution in [1.29, 1.82) is 0 Å². The molecule has 2 rings (SSSR count). The minimum Gasteiger partial charge on any atom is -0.506 e. The van der Waals surface area contributed by atoms with Crippen LogP contribution in [0.1, 0.15) is 13.3 Å². The molecule has 0 spiro atoms. The first-order valence-corrected chi connectivity index (χ1v) is 7.76. The summed E-state index contributed by atoms with van der Waals surface area (Å²) in [5, 5.41) is 57.7. The Morgan fingerprint density at radius 2 is 1.88 bits per heavy atom. The normalized spacial score (nSPS) is 41.3. The monoisotopic (exact) mass is 377 g/mol. The van der Waals surface area contributed by atoms with Crippen molar-refractivity contribution in [2.75, 3.05) is 6.61 Å². The second-order valence-electron chi connectivity index (χ2n) is 6.33. The lowest BCUT2D eigenvalue weighted by molar-refractivity contribution is -0.215. The molecule has 10 N–H and O–H groups in total. The molecule has 0 saturated carbocycles. The van der Waals surface area contributed by atoms with Crippen LogP contribution in [0.2, 0.25) is 0 Å². The molecule has 7 atom stereocenters. The van der Waals surface area contributed by atoms with E-state index in [2.05, 4.69) is 4.99 Å². The van der Waals surface area contributed by atoms with Crippen LogP contribution in [0.25, 0.3) is 0 Å². The average Bonchev–Trinajstić information content (AvgIpc) is 2.58. The Morgan fingerprint density at radius 3 is 2.46 bits per heavy atom. The fourth-order valence-corrected chi connectivity index (χ4v) is 2.72. The maximum Gasteiger partial charge on any atom is 0.343 e. The fraction of sp³-hybridized carbons (Fsp3) is 0.714. The zero-order valence-corrected chi connectivity index (χ0v) is 13.9. The Bertz CT molecular complexity index is 625. The van der Waals surface area contributed by atoms with Crippen molar-refractivity contribution in [3.63, 3.8) is 0 Å². The van der Waals surface area contributed by atoms with Crippen LogP contribution in [0, 0.1) is 0 Å². The molecule has 0 radical (unpaired) electrons. The van der Waals surface area contributed by atoms with Gasteiger partial charge in [-0.2, -0.15) is 0 Å². The highest BCUT2D eigenvalue weighted by Gasteiger charge is 2.48. The van der Waals surface area contributed by atoms with Crippen molar-refractivity contribution in [3.8, 4) is 0 Å². The number of aliphatic hydroxyl groups excluding tert-OH is 5. The SMILES string of the molecule is CC1OC[C@](N)(OC2C(O)C(O)=C(O)C(O)C2O)CC1=NC(N)C(=O)O. The van der Waals surface area contributed by atoms with Gasteiger partial charge in [0.15, 0.2) is 17.7 Å². The highest BCUT2D eigenvalue weighted by atomic mass is 16.6. The number of carbonyl (C=O) groups is 1. The van der Waals surface area contributed by atoms with Crippen LogP contribution in [0.3, 0.4) is 0 Å². The van der Waals surface area contributed by atoms with Gasteiger partial charge in [-0.3, -0.25) is 4.99 Å². The maximum absolute atomic E-state index is 10.9. The number of hydrogen-bond donors (Lipinski definition) is 8. The van der Waals surface area contributed by atoms with Crippen molar-refractivity contribution < 1.29 is 44.9 Å². The van der Waals surface area contributed by atoms with Gasteiger partial charge in [-0.05, 0) is 6.92 Å². The molecule has 148 valence electrons. The van der Waals surface area contributed by atoms with Crippen LogP contribution < -0.4 is 11.5 Å². The molecule has 1 aliphatic heterocycles. The highest BCUT2D eigenvalue weighted by Crippen LogP contribution is 2.30. The van der Waals surface area contributed by atoms with Gasteiger partial charge in [-0.1, -0.05) is 0 Å². The summed E-state index contributed by atoms with van der Waals surface area (Å²) in [7, 11) is 0. The van der Waals surface area contributed by atoms with Crippen LogP contribution in [0.15, 0.2) is 16.5 Å². The molecule has 12 nitrogen and oxygen atoms in total. The molecule has 0 bridgehead atoms. The predicted octanol–water partition coefficient (Wildman–Crippen LogP) is -2.93. The number of hydrogen-bond acceptors (Lipinski definition) is 11. The number of aliphatic imine (C=N–C) groups is 1. The zero-order valence-electron chi connectivity index (χ0n) is 13.9. The summed E-state index contributed by atoms with van der Waals surface area (Å²) in [5.41, 5.74) is 9.97. The van der Waals surface area contributed by atoms with Gasteiger partial charge >= 0.3 is 5.97 Å².